The summed E-state index contributed by atoms with van der Waals surface area (Å²) in [7, 11) is 0. The van der Waals surface area contributed by atoms with E-state index in [2.05, 4.69) is 9.99 Å². The first kappa shape index (κ1) is 10.5. The minimum Gasteiger partial charge on any atom is -0.476 e. The Morgan fingerprint density at radius 3 is 2.81 bits per heavy atom. The molecule has 0 radical (unpaired) electrons. The second kappa shape index (κ2) is 4.65. The third-order valence-electron chi connectivity index (χ3n) is 2.04. The van der Waals surface area contributed by atoms with E-state index in [1.54, 1.807) is 0 Å². The van der Waals surface area contributed by atoms with E-state index in [1.807, 2.05) is 37.3 Å². The van der Waals surface area contributed by atoms with Crippen molar-refractivity contribution in [3.05, 3.63) is 35.9 Å². The van der Waals surface area contributed by atoms with Gasteiger partial charge in [-0.2, -0.15) is 0 Å². The fourth-order valence-corrected chi connectivity index (χ4v) is 1.39. The third-order valence-corrected chi connectivity index (χ3v) is 2.04. The SMILES string of the molecule is CCOC1=NOC(=O)OC1c1ccccc1. The van der Waals surface area contributed by atoms with Gasteiger partial charge in [-0.15, -0.1) is 0 Å². The fourth-order valence-electron chi connectivity index (χ4n) is 1.39. The Kier molecular flexibility index (Phi) is 3.05. The van der Waals surface area contributed by atoms with Gasteiger partial charge in [0, 0.05) is 5.56 Å². The lowest BCUT2D eigenvalue weighted by Crippen LogP contribution is -2.27. The van der Waals surface area contributed by atoms with Crippen LogP contribution in [0, 0.1) is 0 Å². The molecule has 1 aromatic rings. The van der Waals surface area contributed by atoms with Gasteiger partial charge in [-0.25, -0.2) is 4.79 Å². The second-order valence-corrected chi connectivity index (χ2v) is 3.11. The summed E-state index contributed by atoms with van der Waals surface area (Å²) in [6.07, 6.45) is -1.44. The van der Waals surface area contributed by atoms with Crippen LogP contribution in [0.5, 0.6) is 0 Å². The molecule has 1 aliphatic rings. The zero-order valence-electron chi connectivity index (χ0n) is 8.75. The Hall–Kier alpha value is -2.04. The van der Waals surface area contributed by atoms with Gasteiger partial charge >= 0.3 is 6.16 Å². The summed E-state index contributed by atoms with van der Waals surface area (Å²) in [5.74, 6) is 0.258. The highest BCUT2D eigenvalue weighted by molar-refractivity contribution is 5.85. The molecule has 1 aliphatic heterocycles. The second-order valence-electron chi connectivity index (χ2n) is 3.11. The molecule has 5 heteroatoms. The number of nitrogens with zero attached hydrogens (tertiary/aromatic N) is 1. The molecule has 84 valence electrons. The Labute approximate surface area is 92.6 Å². The molecule has 0 saturated carbocycles. The van der Waals surface area contributed by atoms with Crippen LogP contribution in [0.4, 0.5) is 4.79 Å². The van der Waals surface area contributed by atoms with E-state index >= 15 is 0 Å². The number of carbonyl (C=O) groups is 1. The minimum absolute atomic E-state index is 0.258. The lowest BCUT2D eigenvalue weighted by atomic mass is 10.1. The number of rotatable bonds is 2. The van der Waals surface area contributed by atoms with Crippen LogP contribution in [-0.2, 0) is 14.3 Å². The first-order valence-electron chi connectivity index (χ1n) is 4.94. The molecule has 1 unspecified atom stereocenters. The van der Waals surface area contributed by atoms with Crippen molar-refractivity contribution in [3.63, 3.8) is 0 Å². The number of hydrogen-bond donors (Lipinski definition) is 0. The quantitative estimate of drug-likeness (QED) is 0.567. The summed E-state index contributed by atoms with van der Waals surface area (Å²) in [5.41, 5.74) is 0.798. The van der Waals surface area contributed by atoms with Crippen molar-refractivity contribution < 1.29 is 19.1 Å². The van der Waals surface area contributed by atoms with Crippen LogP contribution in [0.1, 0.15) is 18.6 Å². The van der Waals surface area contributed by atoms with Gasteiger partial charge < -0.3 is 9.47 Å². The van der Waals surface area contributed by atoms with Crippen molar-refractivity contribution in [2.75, 3.05) is 6.61 Å². The first-order valence-corrected chi connectivity index (χ1v) is 4.94. The van der Waals surface area contributed by atoms with Crippen LogP contribution in [0.25, 0.3) is 0 Å². The molecule has 1 heterocycles. The van der Waals surface area contributed by atoms with Crippen LogP contribution in [0.2, 0.25) is 0 Å². The van der Waals surface area contributed by atoms with Gasteiger partial charge in [0.05, 0.1) is 6.61 Å². The number of benzene rings is 1. The van der Waals surface area contributed by atoms with Gasteiger partial charge in [-0.05, 0) is 12.1 Å². The topological polar surface area (TPSA) is 57.1 Å². The van der Waals surface area contributed by atoms with Crippen molar-refractivity contribution in [2.24, 2.45) is 5.16 Å². The Bertz CT molecular complexity index is 402. The maximum Gasteiger partial charge on any atom is 0.536 e. The van der Waals surface area contributed by atoms with E-state index in [-0.39, 0.29) is 5.90 Å². The van der Waals surface area contributed by atoms with Gasteiger partial charge in [0.25, 0.3) is 5.90 Å². The standard InChI is InChI=1S/C11H11NO4/c1-2-14-10-9(15-11(13)16-12-10)8-6-4-3-5-7-8/h3-7,9H,2H2,1H3. The van der Waals surface area contributed by atoms with Crippen LogP contribution < -0.4 is 0 Å². The molecule has 0 N–H and O–H groups in total. The van der Waals surface area contributed by atoms with Gasteiger partial charge in [-0.3, -0.25) is 4.84 Å². The molecule has 1 aromatic carbocycles. The predicted octanol–water partition coefficient (Wildman–Crippen LogP) is 2.24. The Morgan fingerprint density at radius 2 is 2.12 bits per heavy atom. The van der Waals surface area contributed by atoms with Gasteiger partial charge in [-0.1, -0.05) is 30.3 Å². The summed E-state index contributed by atoms with van der Waals surface area (Å²) in [5, 5.41) is 3.58. The average Bonchev–Trinajstić information content (AvgIpc) is 2.33. The number of cyclic esters (lactones) is 1. The Morgan fingerprint density at radius 1 is 1.38 bits per heavy atom. The number of oxime groups is 1. The number of carbonyl (C=O) groups excluding carboxylic acids is 1. The lowest BCUT2D eigenvalue weighted by Gasteiger charge is -2.21. The molecule has 16 heavy (non-hydrogen) atoms. The molecule has 0 fully saturated rings. The largest absolute Gasteiger partial charge is 0.536 e. The summed E-state index contributed by atoms with van der Waals surface area (Å²) in [6, 6.07) is 9.24. The molecule has 0 amide bonds. The molecule has 0 spiro atoms. The monoisotopic (exact) mass is 221 g/mol. The van der Waals surface area contributed by atoms with E-state index in [1.165, 1.54) is 0 Å². The fraction of sp³-hybridized carbons (Fsp3) is 0.273. The van der Waals surface area contributed by atoms with Crippen molar-refractivity contribution in [3.8, 4) is 0 Å². The van der Waals surface area contributed by atoms with Gasteiger partial charge in [0.15, 0.2) is 0 Å². The zero-order valence-corrected chi connectivity index (χ0v) is 8.75. The van der Waals surface area contributed by atoms with Gasteiger partial charge in [0.2, 0.25) is 6.10 Å². The van der Waals surface area contributed by atoms with Crippen molar-refractivity contribution in [2.45, 2.75) is 13.0 Å². The van der Waals surface area contributed by atoms with E-state index in [4.69, 9.17) is 9.47 Å². The highest BCUT2D eigenvalue weighted by Crippen LogP contribution is 2.23. The number of ether oxygens (including phenoxy) is 2. The molecule has 0 saturated heterocycles. The molecule has 5 nitrogen and oxygen atoms in total. The van der Waals surface area contributed by atoms with E-state index in [0.717, 1.165) is 5.56 Å². The van der Waals surface area contributed by atoms with Crippen LogP contribution in [0.3, 0.4) is 0 Å². The third kappa shape index (κ3) is 2.13. The van der Waals surface area contributed by atoms with Crippen LogP contribution >= 0.6 is 0 Å². The molecule has 0 aromatic heterocycles. The maximum atomic E-state index is 11.0. The summed E-state index contributed by atoms with van der Waals surface area (Å²) >= 11 is 0. The molecule has 0 aliphatic carbocycles. The van der Waals surface area contributed by atoms with E-state index in [0.29, 0.717) is 6.61 Å². The molecular weight excluding hydrogens is 210 g/mol. The smallest absolute Gasteiger partial charge is 0.476 e. The van der Waals surface area contributed by atoms with E-state index < -0.39 is 12.3 Å². The summed E-state index contributed by atoms with van der Waals surface area (Å²) in [4.78, 5) is 15.4. The minimum atomic E-state index is -0.822. The van der Waals surface area contributed by atoms with Crippen molar-refractivity contribution >= 4 is 12.1 Å². The maximum absolute atomic E-state index is 11.0. The average molecular weight is 221 g/mol. The molecule has 0 bridgehead atoms. The highest BCUT2D eigenvalue weighted by Gasteiger charge is 2.30. The summed E-state index contributed by atoms with van der Waals surface area (Å²) in [6.45, 7) is 2.25. The highest BCUT2D eigenvalue weighted by atomic mass is 16.8. The first-order chi connectivity index (χ1) is 7.81. The molecular formula is C11H11NO4. The predicted molar refractivity (Wildman–Crippen MR) is 55.8 cm³/mol. The van der Waals surface area contributed by atoms with Crippen LogP contribution in [-0.4, -0.2) is 18.7 Å². The van der Waals surface area contributed by atoms with Crippen molar-refractivity contribution in [1.29, 1.82) is 0 Å². The zero-order chi connectivity index (χ0) is 11.4. The lowest BCUT2D eigenvalue weighted by molar-refractivity contribution is 0.0124. The summed E-state index contributed by atoms with van der Waals surface area (Å²) < 4.78 is 10.3. The Balaban J connectivity index is 2.26. The van der Waals surface area contributed by atoms with Crippen molar-refractivity contribution in [1.82, 2.24) is 0 Å². The molecule has 1 atom stereocenters. The van der Waals surface area contributed by atoms with Gasteiger partial charge in [0.1, 0.15) is 0 Å². The normalized spacial score (nSPS) is 19.4. The molecule has 2 rings (SSSR count). The van der Waals surface area contributed by atoms with Crippen LogP contribution in [0.15, 0.2) is 35.5 Å². The van der Waals surface area contributed by atoms with E-state index in [9.17, 15) is 4.79 Å². The number of hydrogen-bond acceptors (Lipinski definition) is 5.